The van der Waals surface area contributed by atoms with Crippen LogP contribution < -0.4 is 0 Å². The van der Waals surface area contributed by atoms with Gasteiger partial charge in [-0.15, -0.1) is 0 Å². The maximum absolute atomic E-state index is 10.9. The van der Waals surface area contributed by atoms with Crippen LogP contribution >= 0.6 is 0 Å². The smallest absolute Gasteiger partial charge is 0.337 e. The molecule has 1 N–H and O–H groups in total. The van der Waals surface area contributed by atoms with Gasteiger partial charge in [0.25, 0.3) is 0 Å². The van der Waals surface area contributed by atoms with Crippen LogP contribution in [0, 0.1) is 6.92 Å². The maximum atomic E-state index is 10.9. The van der Waals surface area contributed by atoms with E-state index in [9.17, 15) is 4.79 Å². The molecule has 1 aliphatic rings. The number of aryl methyl sites for hydroxylation is 1. The molecule has 4 heteroatoms. The van der Waals surface area contributed by atoms with Crippen molar-refractivity contribution in [3.63, 3.8) is 0 Å². The van der Waals surface area contributed by atoms with Crippen molar-refractivity contribution in [1.29, 1.82) is 0 Å². The Bertz CT molecular complexity index is 412. The van der Waals surface area contributed by atoms with E-state index in [1.165, 1.54) is 25.9 Å². The van der Waals surface area contributed by atoms with Gasteiger partial charge in [-0.3, -0.25) is 4.98 Å². The third-order valence-electron chi connectivity index (χ3n) is 3.26. The summed E-state index contributed by atoms with van der Waals surface area (Å²) in [4.78, 5) is 17.6. The monoisotopic (exact) mass is 234 g/mol. The van der Waals surface area contributed by atoms with Crippen LogP contribution in [0.4, 0.5) is 0 Å². The third-order valence-corrected chi connectivity index (χ3v) is 3.26. The van der Waals surface area contributed by atoms with Gasteiger partial charge in [0.05, 0.1) is 11.3 Å². The predicted molar refractivity (Wildman–Crippen MR) is 65.3 cm³/mol. The van der Waals surface area contributed by atoms with Gasteiger partial charge in [-0.25, -0.2) is 4.79 Å². The number of hydrogen-bond donors (Lipinski definition) is 1. The minimum atomic E-state index is -0.902. The zero-order valence-corrected chi connectivity index (χ0v) is 10.1. The van der Waals surface area contributed by atoms with Crippen LogP contribution in [0.5, 0.6) is 0 Å². The minimum Gasteiger partial charge on any atom is -0.478 e. The molecule has 1 fully saturated rings. The topological polar surface area (TPSA) is 53.4 Å². The van der Waals surface area contributed by atoms with Crippen LogP contribution in [0.25, 0.3) is 0 Å². The van der Waals surface area contributed by atoms with Gasteiger partial charge < -0.3 is 10.0 Å². The number of rotatable bonds is 4. The summed E-state index contributed by atoms with van der Waals surface area (Å²) in [7, 11) is 0. The van der Waals surface area contributed by atoms with Crippen LogP contribution in [-0.2, 0) is 6.42 Å². The predicted octanol–water partition coefficient (Wildman–Crippen LogP) is 1.73. The highest BCUT2D eigenvalue weighted by Gasteiger charge is 2.12. The van der Waals surface area contributed by atoms with Gasteiger partial charge in [0.2, 0.25) is 0 Å². The van der Waals surface area contributed by atoms with Crippen molar-refractivity contribution in [1.82, 2.24) is 9.88 Å². The first-order valence-electron chi connectivity index (χ1n) is 6.09. The molecule has 1 saturated heterocycles. The molecule has 0 saturated carbocycles. The second-order valence-electron chi connectivity index (χ2n) is 4.54. The van der Waals surface area contributed by atoms with Crippen LogP contribution in [0.15, 0.2) is 12.1 Å². The van der Waals surface area contributed by atoms with Gasteiger partial charge in [0, 0.05) is 18.7 Å². The zero-order valence-electron chi connectivity index (χ0n) is 10.1. The molecule has 17 heavy (non-hydrogen) atoms. The third kappa shape index (κ3) is 3.03. The van der Waals surface area contributed by atoms with E-state index < -0.39 is 5.97 Å². The van der Waals surface area contributed by atoms with Crippen molar-refractivity contribution in [3.8, 4) is 0 Å². The van der Waals surface area contributed by atoms with Crippen molar-refractivity contribution < 1.29 is 9.90 Å². The number of aromatic nitrogens is 1. The molecule has 0 aliphatic carbocycles. The lowest BCUT2D eigenvalue weighted by molar-refractivity contribution is 0.0695. The highest BCUT2D eigenvalue weighted by Crippen LogP contribution is 2.10. The molecule has 0 amide bonds. The van der Waals surface area contributed by atoms with Crippen molar-refractivity contribution in [2.24, 2.45) is 0 Å². The van der Waals surface area contributed by atoms with Crippen LogP contribution in [0.3, 0.4) is 0 Å². The number of aromatic carboxylic acids is 1. The molecule has 0 aromatic carbocycles. The average molecular weight is 234 g/mol. The van der Waals surface area contributed by atoms with E-state index in [-0.39, 0.29) is 0 Å². The summed E-state index contributed by atoms with van der Waals surface area (Å²) in [5.41, 5.74) is 1.89. The number of carboxylic acid groups (broad SMARTS) is 1. The van der Waals surface area contributed by atoms with Gasteiger partial charge in [-0.05, 0) is 45.0 Å². The Balaban J connectivity index is 1.97. The summed E-state index contributed by atoms with van der Waals surface area (Å²) in [5.74, 6) is -0.902. The first kappa shape index (κ1) is 12.0. The molecule has 0 unspecified atom stereocenters. The van der Waals surface area contributed by atoms with Crippen LogP contribution in [0.2, 0.25) is 0 Å². The summed E-state index contributed by atoms with van der Waals surface area (Å²) >= 11 is 0. The van der Waals surface area contributed by atoms with E-state index in [1.807, 2.05) is 6.07 Å². The molecular weight excluding hydrogens is 216 g/mol. The van der Waals surface area contributed by atoms with E-state index in [0.29, 0.717) is 11.3 Å². The minimum absolute atomic E-state index is 0.301. The summed E-state index contributed by atoms with van der Waals surface area (Å²) in [6.45, 7) is 5.15. The standard InChI is InChI=1S/C13H18N2O2/c1-10-12(13(16)17)5-4-11(14-10)6-9-15-7-2-3-8-15/h4-5H,2-3,6-9H2,1H3,(H,16,17). The average Bonchev–Trinajstić information content (AvgIpc) is 2.78. The quantitative estimate of drug-likeness (QED) is 0.862. The van der Waals surface area contributed by atoms with E-state index in [4.69, 9.17) is 5.11 Å². The molecule has 0 radical (unpaired) electrons. The fourth-order valence-electron chi connectivity index (χ4n) is 2.26. The van der Waals surface area contributed by atoms with Gasteiger partial charge in [0.1, 0.15) is 0 Å². The van der Waals surface area contributed by atoms with Crippen molar-refractivity contribution >= 4 is 5.97 Å². The molecule has 4 nitrogen and oxygen atoms in total. The molecule has 0 bridgehead atoms. The number of pyridine rings is 1. The first-order valence-corrected chi connectivity index (χ1v) is 6.09. The van der Waals surface area contributed by atoms with E-state index >= 15 is 0 Å². The lowest BCUT2D eigenvalue weighted by atomic mass is 10.1. The molecule has 1 aromatic heterocycles. The maximum Gasteiger partial charge on any atom is 0.337 e. The summed E-state index contributed by atoms with van der Waals surface area (Å²) < 4.78 is 0. The number of nitrogens with zero attached hydrogens (tertiary/aromatic N) is 2. The summed E-state index contributed by atoms with van der Waals surface area (Å²) in [6, 6.07) is 3.48. The van der Waals surface area contributed by atoms with E-state index in [2.05, 4.69) is 9.88 Å². The highest BCUT2D eigenvalue weighted by atomic mass is 16.4. The Hall–Kier alpha value is -1.42. The molecule has 1 aromatic rings. The number of likely N-dealkylation sites (tertiary alicyclic amines) is 1. The molecule has 2 rings (SSSR count). The number of carbonyl (C=O) groups is 1. The lowest BCUT2D eigenvalue weighted by Gasteiger charge is -2.14. The number of hydrogen-bond acceptors (Lipinski definition) is 3. The van der Waals surface area contributed by atoms with Crippen molar-refractivity contribution in [2.75, 3.05) is 19.6 Å². The molecule has 0 atom stereocenters. The second-order valence-corrected chi connectivity index (χ2v) is 4.54. The SMILES string of the molecule is Cc1nc(CCN2CCCC2)ccc1C(=O)O. The molecule has 92 valence electrons. The molecular formula is C13H18N2O2. The fourth-order valence-corrected chi connectivity index (χ4v) is 2.26. The largest absolute Gasteiger partial charge is 0.478 e. The van der Waals surface area contributed by atoms with Gasteiger partial charge in [-0.1, -0.05) is 0 Å². The summed E-state index contributed by atoms with van der Waals surface area (Å²) in [6.07, 6.45) is 3.50. The van der Waals surface area contributed by atoms with Crippen LogP contribution in [-0.4, -0.2) is 40.6 Å². The fraction of sp³-hybridized carbons (Fsp3) is 0.538. The van der Waals surface area contributed by atoms with Gasteiger partial charge in [-0.2, -0.15) is 0 Å². The normalized spacial score (nSPS) is 16.3. The Morgan fingerprint density at radius 3 is 2.71 bits per heavy atom. The van der Waals surface area contributed by atoms with Crippen molar-refractivity contribution in [3.05, 3.63) is 29.1 Å². The van der Waals surface area contributed by atoms with Crippen LogP contribution in [0.1, 0.15) is 34.6 Å². The van der Waals surface area contributed by atoms with Crippen molar-refractivity contribution in [2.45, 2.75) is 26.2 Å². The Labute approximate surface area is 101 Å². The Kier molecular flexibility index (Phi) is 3.74. The summed E-state index contributed by atoms with van der Waals surface area (Å²) in [5, 5.41) is 8.91. The van der Waals surface area contributed by atoms with Gasteiger partial charge in [0.15, 0.2) is 0 Å². The van der Waals surface area contributed by atoms with Gasteiger partial charge >= 0.3 is 5.97 Å². The van der Waals surface area contributed by atoms with E-state index in [1.54, 1.807) is 13.0 Å². The Morgan fingerprint density at radius 1 is 1.41 bits per heavy atom. The zero-order chi connectivity index (χ0) is 12.3. The highest BCUT2D eigenvalue weighted by molar-refractivity contribution is 5.88. The number of carboxylic acids is 1. The first-order chi connectivity index (χ1) is 8.16. The molecule has 1 aliphatic heterocycles. The lowest BCUT2D eigenvalue weighted by Crippen LogP contribution is -2.22. The van der Waals surface area contributed by atoms with E-state index in [0.717, 1.165) is 18.7 Å². The molecule has 2 heterocycles. The molecule has 0 spiro atoms. The second kappa shape index (κ2) is 5.27. The Morgan fingerprint density at radius 2 is 2.12 bits per heavy atom.